The largest absolute Gasteiger partial charge is 0.326 e. The van der Waals surface area contributed by atoms with Crippen molar-refractivity contribution >= 4 is 47.6 Å². The van der Waals surface area contributed by atoms with Crippen molar-refractivity contribution in [1.82, 2.24) is 4.31 Å². The first-order valence-electron chi connectivity index (χ1n) is 7.73. The second-order valence-electron chi connectivity index (χ2n) is 6.20. The fraction of sp³-hybridized carbons (Fsp3) is 0.500. The van der Waals surface area contributed by atoms with E-state index in [1.54, 1.807) is 6.07 Å². The molecule has 1 unspecified atom stereocenters. The molecule has 2 aliphatic heterocycles. The average Bonchev–Trinajstić information content (AvgIpc) is 2.93. The Morgan fingerprint density at radius 3 is 2.56 bits per heavy atom. The van der Waals surface area contributed by atoms with Crippen molar-refractivity contribution in [2.45, 2.75) is 35.8 Å². The molecule has 2 heterocycles. The number of fused-ring (bicyclic) bond motifs is 1. The third kappa shape index (κ3) is 3.75. The summed E-state index contributed by atoms with van der Waals surface area (Å²) >= 11 is 3.29. The lowest BCUT2D eigenvalue weighted by Gasteiger charge is -2.19. The molecule has 8 nitrogen and oxygen atoms in total. The van der Waals surface area contributed by atoms with Gasteiger partial charge in [-0.3, -0.25) is 4.79 Å². The zero-order valence-electron chi connectivity index (χ0n) is 13.2. The van der Waals surface area contributed by atoms with E-state index in [1.165, 1.54) is 6.07 Å². The first-order valence-corrected chi connectivity index (χ1v) is 11.6. The Bertz CT molecular complexity index is 930. The van der Waals surface area contributed by atoms with Crippen LogP contribution in [0.4, 0.5) is 5.69 Å². The number of carbonyl (C=O) groups excluding carboxylic acids is 1. The third-order valence-corrected chi connectivity index (χ3v) is 8.61. The monoisotopic (exact) mass is 451 g/mol. The smallest absolute Gasteiger partial charge is 0.244 e. The first-order chi connectivity index (χ1) is 11.6. The molecular weight excluding hydrogens is 434 g/mol. The summed E-state index contributed by atoms with van der Waals surface area (Å²) in [5.74, 6) is -0.153. The van der Waals surface area contributed by atoms with Crippen LogP contribution in [-0.2, 0) is 31.3 Å². The minimum Gasteiger partial charge on any atom is -0.326 e. The van der Waals surface area contributed by atoms with Gasteiger partial charge < -0.3 is 5.32 Å². The Morgan fingerprint density at radius 1 is 1.20 bits per heavy atom. The second kappa shape index (κ2) is 6.62. The average molecular weight is 452 g/mol. The molecule has 2 aliphatic rings. The van der Waals surface area contributed by atoms with E-state index in [-0.39, 0.29) is 30.3 Å². The molecule has 25 heavy (non-hydrogen) atoms. The Morgan fingerprint density at radius 2 is 1.92 bits per heavy atom. The lowest BCUT2D eigenvalue weighted by atomic mass is 10.1. The summed E-state index contributed by atoms with van der Waals surface area (Å²) in [5.41, 5.74) is 1.34. The topological polar surface area (TPSA) is 127 Å². The van der Waals surface area contributed by atoms with Crippen LogP contribution in [0.5, 0.6) is 0 Å². The number of carbonyl (C=O) groups is 1. The number of sulfonamides is 2. The number of nitrogens with zero attached hydrogens (tertiary/aromatic N) is 1. The van der Waals surface area contributed by atoms with Gasteiger partial charge in [-0.1, -0.05) is 0 Å². The van der Waals surface area contributed by atoms with Crippen molar-refractivity contribution in [3.63, 3.8) is 0 Å². The number of nitrogens with two attached hydrogens (primary N) is 1. The number of nitrogens with one attached hydrogen (secondary N) is 1. The fourth-order valence-corrected chi connectivity index (χ4v) is 6.58. The Balaban J connectivity index is 1.97. The lowest BCUT2D eigenvalue weighted by molar-refractivity contribution is -0.116. The van der Waals surface area contributed by atoms with Gasteiger partial charge in [-0.25, -0.2) is 22.0 Å². The number of benzene rings is 1. The molecule has 0 bridgehead atoms. The molecule has 0 spiro atoms. The number of rotatable bonds is 3. The van der Waals surface area contributed by atoms with E-state index in [0.29, 0.717) is 29.4 Å². The second-order valence-corrected chi connectivity index (χ2v) is 10.8. The molecular formula is C14H18BrN3O5S2. The van der Waals surface area contributed by atoms with Crippen LogP contribution in [-0.4, -0.2) is 45.4 Å². The van der Waals surface area contributed by atoms with E-state index in [2.05, 4.69) is 21.2 Å². The van der Waals surface area contributed by atoms with Gasteiger partial charge in [0, 0.05) is 29.7 Å². The van der Waals surface area contributed by atoms with E-state index in [4.69, 9.17) is 5.14 Å². The van der Waals surface area contributed by atoms with E-state index in [1.807, 2.05) is 0 Å². The molecule has 0 aromatic heterocycles. The van der Waals surface area contributed by atoms with E-state index in [0.717, 1.165) is 9.87 Å². The Hall–Kier alpha value is -1.01. The van der Waals surface area contributed by atoms with Crippen LogP contribution in [0.1, 0.15) is 24.8 Å². The lowest BCUT2D eigenvalue weighted by Crippen LogP contribution is -2.34. The highest BCUT2D eigenvalue weighted by atomic mass is 79.9. The minimum atomic E-state index is -3.91. The highest BCUT2D eigenvalue weighted by molar-refractivity contribution is 9.10. The van der Waals surface area contributed by atoms with Gasteiger partial charge in [0.15, 0.2) is 0 Å². The molecule has 1 aromatic rings. The molecule has 1 aromatic carbocycles. The quantitative estimate of drug-likeness (QED) is 0.701. The van der Waals surface area contributed by atoms with Crippen molar-refractivity contribution in [3.05, 3.63) is 22.2 Å². The van der Waals surface area contributed by atoms with Crippen molar-refractivity contribution in [3.8, 4) is 0 Å². The van der Waals surface area contributed by atoms with Gasteiger partial charge in [-0.05, 0) is 52.9 Å². The standard InChI is InChI=1S/C14H18BrN3O5S2/c15-11-6-9-2-1-3-14(19)17-12(9)7-13(11)25(22,23)18-5-4-10(8-18)24(16,20)21/h6-7,10H,1-5,8H2,(H,17,19)(H2,16,20,21). The zero-order chi connectivity index (χ0) is 18.4. The summed E-state index contributed by atoms with van der Waals surface area (Å²) in [6, 6.07) is 3.13. The maximum Gasteiger partial charge on any atom is 0.244 e. The number of primary sulfonamides is 1. The number of amides is 1. The predicted molar refractivity (Wildman–Crippen MR) is 96.0 cm³/mol. The number of aryl methyl sites for hydroxylation is 1. The van der Waals surface area contributed by atoms with Gasteiger partial charge in [-0.15, -0.1) is 0 Å². The molecule has 3 N–H and O–H groups in total. The molecule has 3 rings (SSSR count). The summed E-state index contributed by atoms with van der Waals surface area (Å²) in [7, 11) is -7.70. The van der Waals surface area contributed by atoms with Crippen molar-refractivity contribution in [2.24, 2.45) is 5.14 Å². The Labute approximate surface area is 155 Å². The fourth-order valence-electron chi connectivity index (χ4n) is 3.09. The van der Waals surface area contributed by atoms with Gasteiger partial charge in [0.05, 0.1) is 10.1 Å². The highest BCUT2D eigenvalue weighted by Gasteiger charge is 2.38. The molecule has 0 saturated carbocycles. The Kier molecular flexibility index (Phi) is 4.97. The first kappa shape index (κ1) is 18.8. The summed E-state index contributed by atoms with van der Waals surface area (Å²) in [6.45, 7) is -0.0869. The van der Waals surface area contributed by atoms with Gasteiger partial charge in [0.25, 0.3) is 0 Å². The molecule has 11 heteroatoms. The SMILES string of the molecule is NS(=O)(=O)C1CCN(S(=O)(=O)c2cc3c(cc2Br)CCCC(=O)N3)C1. The summed E-state index contributed by atoms with van der Waals surface area (Å²) in [6.07, 6.45) is 1.91. The molecule has 1 saturated heterocycles. The number of anilines is 1. The maximum absolute atomic E-state index is 12.9. The van der Waals surface area contributed by atoms with Gasteiger partial charge >= 0.3 is 0 Å². The molecule has 1 amide bonds. The molecule has 1 fully saturated rings. The number of hydrogen-bond acceptors (Lipinski definition) is 5. The maximum atomic E-state index is 12.9. The van der Waals surface area contributed by atoms with Gasteiger partial charge in [0.1, 0.15) is 0 Å². The molecule has 0 aliphatic carbocycles. The van der Waals surface area contributed by atoms with Crippen molar-refractivity contribution < 1.29 is 21.6 Å². The van der Waals surface area contributed by atoms with Crippen LogP contribution in [0.3, 0.4) is 0 Å². The summed E-state index contributed by atoms with van der Waals surface area (Å²) < 4.78 is 50.3. The van der Waals surface area contributed by atoms with Crippen LogP contribution < -0.4 is 10.5 Å². The van der Waals surface area contributed by atoms with E-state index < -0.39 is 25.3 Å². The summed E-state index contributed by atoms with van der Waals surface area (Å²) in [5, 5.41) is 6.96. The van der Waals surface area contributed by atoms with Gasteiger partial charge in [0.2, 0.25) is 26.0 Å². The third-order valence-electron chi connectivity index (χ3n) is 4.47. The molecule has 0 radical (unpaired) electrons. The van der Waals surface area contributed by atoms with Crippen LogP contribution in [0, 0.1) is 0 Å². The zero-order valence-corrected chi connectivity index (χ0v) is 16.5. The van der Waals surface area contributed by atoms with Crippen LogP contribution in [0.2, 0.25) is 0 Å². The van der Waals surface area contributed by atoms with Crippen molar-refractivity contribution in [1.29, 1.82) is 0 Å². The van der Waals surface area contributed by atoms with Crippen molar-refractivity contribution in [2.75, 3.05) is 18.4 Å². The normalized spacial score (nSPS) is 22.3. The highest BCUT2D eigenvalue weighted by Crippen LogP contribution is 2.34. The van der Waals surface area contributed by atoms with Crippen LogP contribution in [0.25, 0.3) is 0 Å². The van der Waals surface area contributed by atoms with Gasteiger partial charge in [-0.2, -0.15) is 4.31 Å². The minimum absolute atomic E-state index is 0.00326. The van der Waals surface area contributed by atoms with Crippen LogP contribution >= 0.6 is 15.9 Å². The molecule has 1 atom stereocenters. The van der Waals surface area contributed by atoms with Crippen LogP contribution in [0.15, 0.2) is 21.5 Å². The van der Waals surface area contributed by atoms with E-state index in [9.17, 15) is 21.6 Å². The van der Waals surface area contributed by atoms with E-state index >= 15 is 0 Å². The summed E-state index contributed by atoms with van der Waals surface area (Å²) in [4.78, 5) is 11.7. The predicted octanol–water partition coefficient (Wildman–Crippen LogP) is 0.775. The number of halogens is 1. The number of hydrogen-bond donors (Lipinski definition) is 2. The molecule has 138 valence electrons.